The number of halogens is 1. The van der Waals surface area contributed by atoms with Gasteiger partial charge in [0.1, 0.15) is 12.0 Å². The Kier molecular flexibility index (Phi) is 4.49. The lowest BCUT2D eigenvalue weighted by atomic mass is 10.2. The van der Waals surface area contributed by atoms with E-state index in [2.05, 4.69) is 15.9 Å². The van der Waals surface area contributed by atoms with E-state index < -0.39 is 0 Å². The molecule has 4 nitrogen and oxygen atoms in total. The van der Waals surface area contributed by atoms with Gasteiger partial charge in [-0.15, -0.1) is 0 Å². The predicted octanol–water partition coefficient (Wildman–Crippen LogP) is 1.73. The summed E-state index contributed by atoms with van der Waals surface area (Å²) in [5.41, 5.74) is 0.554. The maximum Gasteiger partial charge on any atom is 0.259 e. The van der Waals surface area contributed by atoms with Crippen LogP contribution in [0.15, 0.2) is 22.7 Å². The first-order valence-corrected chi connectivity index (χ1v) is 5.41. The molecule has 1 amide bonds. The Morgan fingerprint density at radius 1 is 1.50 bits per heavy atom. The topological polar surface area (TPSA) is 46.6 Å². The summed E-state index contributed by atoms with van der Waals surface area (Å²) in [6, 6.07) is 4.92. The Labute approximate surface area is 102 Å². The molecule has 1 aromatic carbocycles. The molecular weight excluding hydrogens is 274 g/mol. The van der Waals surface area contributed by atoms with E-state index in [1.54, 1.807) is 32.3 Å². The first kappa shape index (κ1) is 12.7. The zero-order valence-corrected chi connectivity index (χ0v) is 10.7. The Morgan fingerprint density at radius 3 is 2.69 bits per heavy atom. The van der Waals surface area contributed by atoms with Gasteiger partial charge in [-0.05, 0) is 34.1 Å². The summed E-state index contributed by atoms with van der Waals surface area (Å²) in [5, 5.41) is 0. The maximum absolute atomic E-state index is 11.3. The van der Waals surface area contributed by atoms with Crippen LogP contribution in [-0.4, -0.2) is 37.8 Å². The van der Waals surface area contributed by atoms with E-state index in [0.717, 1.165) is 6.29 Å². The van der Waals surface area contributed by atoms with E-state index in [1.165, 1.54) is 4.90 Å². The lowest BCUT2D eigenvalue weighted by Crippen LogP contribution is -2.27. The van der Waals surface area contributed by atoms with Crippen molar-refractivity contribution >= 4 is 28.1 Å². The highest BCUT2D eigenvalue weighted by molar-refractivity contribution is 9.10. The second-order valence-electron chi connectivity index (χ2n) is 3.38. The van der Waals surface area contributed by atoms with Gasteiger partial charge in [0.15, 0.2) is 6.61 Å². The van der Waals surface area contributed by atoms with Gasteiger partial charge in [0, 0.05) is 19.7 Å². The summed E-state index contributed by atoms with van der Waals surface area (Å²) >= 11 is 3.27. The van der Waals surface area contributed by atoms with Crippen molar-refractivity contribution < 1.29 is 14.3 Å². The quantitative estimate of drug-likeness (QED) is 0.792. The molecule has 1 aromatic rings. The average molecular weight is 286 g/mol. The van der Waals surface area contributed by atoms with Gasteiger partial charge in [-0.3, -0.25) is 9.59 Å². The van der Waals surface area contributed by atoms with Gasteiger partial charge >= 0.3 is 0 Å². The van der Waals surface area contributed by atoms with Crippen LogP contribution in [0.5, 0.6) is 5.75 Å². The Balaban J connectivity index is 2.68. The van der Waals surface area contributed by atoms with Crippen LogP contribution in [0.3, 0.4) is 0 Å². The van der Waals surface area contributed by atoms with Crippen LogP contribution in [-0.2, 0) is 4.79 Å². The minimum absolute atomic E-state index is 0.0218. The van der Waals surface area contributed by atoms with Crippen molar-refractivity contribution in [2.24, 2.45) is 0 Å². The number of hydrogen-bond donors (Lipinski definition) is 0. The van der Waals surface area contributed by atoms with Crippen molar-refractivity contribution in [1.29, 1.82) is 0 Å². The summed E-state index contributed by atoms with van der Waals surface area (Å²) in [5.74, 6) is 0.423. The van der Waals surface area contributed by atoms with Crippen molar-refractivity contribution in [3.63, 3.8) is 0 Å². The molecule has 0 N–H and O–H groups in total. The molecule has 0 aliphatic rings. The molecule has 0 bridgehead atoms. The molecule has 0 aliphatic carbocycles. The lowest BCUT2D eigenvalue weighted by Gasteiger charge is -2.12. The Morgan fingerprint density at radius 2 is 2.19 bits per heavy atom. The molecule has 0 heterocycles. The number of amides is 1. The van der Waals surface area contributed by atoms with E-state index in [4.69, 9.17) is 4.74 Å². The van der Waals surface area contributed by atoms with Gasteiger partial charge in [-0.2, -0.15) is 0 Å². The molecule has 86 valence electrons. The largest absolute Gasteiger partial charge is 0.483 e. The molecule has 0 fully saturated rings. The van der Waals surface area contributed by atoms with Crippen LogP contribution in [0, 0.1) is 0 Å². The van der Waals surface area contributed by atoms with E-state index in [-0.39, 0.29) is 12.5 Å². The molecule has 0 saturated heterocycles. The summed E-state index contributed by atoms with van der Waals surface area (Å²) in [6.07, 6.45) is 0.750. The summed E-state index contributed by atoms with van der Waals surface area (Å²) in [7, 11) is 3.33. The molecule has 0 atom stereocenters. The molecule has 5 heteroatoms. The van der Waals surface area contributed by atoms with Crippen molar-refractivity contribution in [2.45, 2.75) is 0 Å². The number of rotatable bonds is 4. The molecule has 0 unspecified atom stereocenters. The Hall–Kier alpha value is -1.36. The first-order chi connectivity index (χ1) is 7.54. The molecule has 16 heavy (non-hydrogen) atoms. The highest BCUT2D eigenvalue weighted by atomic mass is 79.9. The van der Waals surface area contributed by atoms with E-state index in [9.17, 15) is 9.59 Å². The predicted molar refractivity (Wildman–Crippen MR) is 63.7 cm³/mol. The van der Waals surface area contributed by atoms with Gasteiger partial charge in [0.05, 0.1) is 4.47 Å². The fourth-order valence-electron chi connectivity index (χ4n) is 0.976. The van der Waals surface area contributed by atoms with Gasteiger partial charge in [-0.25, -0.2) is 0 Å². The van der Waals surface area contributed by atoms with Gasteiger partial charge < -0.3 is 9.64 Å². The smallest absolute Gasteiger partial charge is 0.259 e. The highest BCUT2D eigenvalue weighted by Gasteiger charge is 2.07. The van der Waals surface area contributed by atoms with Gasteiger partial charge in [0.25, 0.3) is 5.91 Å². The van der Waals surface area contributed by atoms with Crippen LogP contribution in [0.25, 0.3) is 0 Å². The van der Waals surface area contributed by atoms with Crippen molar-refractivity contribution in [3.05, 3.63) is 28.2 Å². The normalized spacial score (nSPS) is 9.69. The Bertz CT molecular complexity index is 404. The number of nitrogens with zero attached hydrogens (tertiary/aromatic N) is 1. The molecule has 0 saturated carbocycles. The average Bonchev–Trinajstić information content (AvgIpc) is 2.26. The summed E-state index contributed by atoms with van der Waals surface area (Å²) < 4.78 is 5.96. The zero-order chi connectivity index (χ0) is 12.1. The number of benzene rings is 1. The number of likely N-dealkylation sites (N-methyl/N-ethyl adjacent to an activating group) is 1. The summed E-state index contributed by atoms with van der Waals surface area (Å²) in [4.78, 5) is 23.2. The fourth-order valence-corrected chi connectivity index (χ4v) is 1.49. The van der Waals surface area contributed by atoms with Crippen LogP contribution in [0.1, 0.15) is 10.4 Å². The maximum atomic E-state index is 11.3. The fraction of sp³-hybridized carbons (Fsp3) is 0.273. The van der Waals surface area contributed by atoms with E-state index in [1.807, 2.05) is 0 Å². The number of ether oxygens (including phenoxy) is 1. The van der Waals surface area contributed by atoms with Gasteiger partial charge in [-0.1, -0.05) is 0 Å². The van der Waals surface area contributed by atoms with Crippen LogP contribution >= 0.6 is 15.9 Å². The molecule has 1 rings (SSSR count). The molecular formula is C11H12BrNO3. The number of carbonyl (C=O) groups is 2. The highest BCUT2D eigenvalue weighted by Crippen LogP contribution is 2.25. The minimum Gasteiger partial charge on any atom is -0.483 e. The molecule has 0 aromatic heterocycles. The number of hydrogen-bond acceptors (Lipinski definition) is 3. The van der Waals surface area contributed by atoms with Crippen LogP contribution in [0.4, 0.5) is 0 Å². The standard InChI is InChI=1S/C11H12BrNO3/c1-13(2)11(15)7-16-10-4-3-8(6-14)5-9(10)12/h3-6H,7H2,1-2H3. The first-order valence-electron chi connectivity index (χ1n) is 4.62. The van der Waals surface area contributed by atoms with Crippen LogP contribution < -0.4 is 4.74 Å². The third kappa shape index (κ3) is 3.34. The zero-order valence-electron chi connectivity index (χ0n) is 9.07. The second-order valence-corrected chi connectivity index (χ2v) is 4.24. The lowest BCUT2D eigenvalue weighted by molar-refractivity contribution is -0.130. The van der Waals surface area contributed by atoms with Crippen molar-refractivity contribution in [1.82, 2.24) is 4.90 Å². The van der Waals surface area contributed by atoms with Gasteiger partial charge in [0.2, 0.25) is 0 Å². The molecule has 0 spiro atoms. The molecule has 0 aliphatic heterocycles. The van der Waals surface area contributed by atoms with E-state index >= 15 is 0 Å². The third-order valence-electron chi connectivity index (χ3n) is 1.94. The van der Waals surface area contributed by atoms with Crippen LogP contribution in [0.2, 0.25) is 0 Å². The summed E-state index contributed by atoms with van der Waals surface area (Å²) in [6.45, 7) is -0.0218. The number of carbonyl (C=O) groups excluding carboxylic acids is 2. The second kappa shape index (κ2) is 5.65. The SMILES string of the molecule is CN(C)C(=O)COc1ccc(C=O)cc1Br. The van der Waals surface area contributed by atoms with Crippen molar-refractivity contribution in [2.75, 3.05) is 20.7 Å². The molecule has 0 radical (unpaired) electrons. The minimum atomic E-state index is -0.119. The van der Waals surface area contributed by atoms with E-state index in [0.29, 0.717) is 15.8 Å². The monoisotopic (exact) mass is 285 g/mol. The van der Waals surface area contributed by atoms with Crippen molar-refractivity contribution in [3.8, 4) is 5.75 Å². The third-order valence-corrected chi connectivity index (χ3v) is 2.56. The number of aldehydes is 1.